The highest BCUT2D eigenvalue weighted by Gasteiger charge is 2.30. The minimum atomic E-state index is 0.937. The van der Waals surface area contributed by atoms with Gasteiger partial charge in [-0.1, -0.05) is 42.5 Å². The number of hydrogen-bond donors (Lipinski definition) is 0. The van der Waals surface area contributed by atoms with Crippen LogP contribution in [0.2, 0.25) is 0 Å². The molecule has 162 valence electrons. The molecule has 0 aliphatic heterocycles. The molecule has 0 N–H and O–H groups in total. The maximum atomic E-state index is 5.05. The lowest BCUT2D eigenvalue weighted by molar-refractivity contribution is 1.24. The Bertz CT molecular complexity index is 2070. The second-order valence-electron chi connectivity index (χ2n) is 9.69. The number of imidazole rings is 1. The van der Waals surface area contributed by atoms with Gasteiger partial charge in [-0.3, -0.25) is 14.4 Å². The minimum Gasteiger partial charge on any atom is -0.289 e. The van der Waals surface area contributed by atoms with Crippen molar-refractivity contribution in [3.8, 4) is 22.3 Å². The molecule has 3 aromatic carbocycles. The van der Waals surface area contributed by atoms with Gasteiger partial charge in [-0.15, -0.1) is 0 Å². The number of pyridine rings is 3. The van der Waals surface area contributed by atoms with Gasteiger partial charge in [0.15, 0.2) is 0 Å². The Hall–Kier alpha value is -4.57. The first-order valence-electron chi connectivity index (χ1n) is 12.0. The lowest BCUT2D eigenvalue weighted by Gasteiger charge is -2.13. The van der Waals surface area contributed by atoms with Gasteiger partial charge in [-0.2, -0.15) is 0 Å². The van der Waals surface area contributed by atoms with E-state index in [-0.39, 0.29) is 0 Å². The van der Waals surface area contributed by atoms with Crippen molar-refractivity contribution in [3.63, 3.8) is 0 Å². The molecule has 4 heterocycles. The summed E-state index contributed by atoms with van der Waals surface area (Å²) >= 11 is 0. The molecule has 0 fully saturated rings. The average Bonchev–Trinajstić information content (AvgIpc) is 3.59. The van der Waals surface area contributed by atoms with Crippen molar-refractivity contribution in [1.82, 2.24) is 19.4 Å². The second kappa shape index (κ2) is 6.10. The van der Waals surface area contributed by atoms with E-state index in [1.807, 2.05) is 30.9 Å². The molecular formula is C31H18N4. The fraction of sp³-hybridized carbons (Fsp3) is 0.0645. The van der Waals surface area contributed by atoms with Crippen LogP contribution in [-0.2, 0) is 12.8 Å². The first-order chi connectivity index (χ1) is 17.4. The maximum absolute atomic E-state index is 5.05. The van der Waals surface area contributed by atoms with Gasteiger partial charge in [0, 0.05) is 23.2 Å². The Morgan fingerprint density at radius 2 is 1.43 bits per heavy atom. The molecule has 2 aliphatic carbocycles. The molecule has 0 amide bonds. The Morgan fingerprint density at radius 3 is 2.37 bits per heavy atom. The van der Waals surface area contributed by atoms with E-state index in [2.05, 4.69) is 69.0 Å². The summed E-state index contributed by atoms with van der Waals surface area (Å²) in [4.78, 5) is 13.9. The van der Waals surface area contributed by atoms with Gasteiger partial charge in [0.05, 0.1) is 28.9 Å². The van der Waals surface area contributed by atoms with Crippen LogP contribution >= 0.6 is 0 Å². The lowest BCUT2D eigenvalue weighted by atomic mass is 9.92. The number of benzene rings is 3. The molecule has 0 saturated carbocycles. The molecule has 0 radical (unpaired) electrons. The number of fused-ring (bicyclic) bond motifs is 16. The fourth-order valence-corrected chi connectivity index (χ4v) is 6.60. The van der Waals surface area contributed by atoms with Gasteiger partial charge in [-0.05, 0) is 80.9 Å². The zero-order valence-corrected chi connectivity index (χ0v) is 18.8. The van der Waals surface area contributed by atoms with E-state index >= 15 is 0 Å². The highest BCUT2D eigenvalue weighted by Crippen LogP contribution is 2.51. The summed E-state index contributed by atoms with van der Waals surface area (Å²) in [7, 11) is 0. The van der Waals surface area contributed by atoms with Gasteiger partial charge in [-0.25, -0.2) is 4.98 Å². The van der Waals surface area contributed by atoms with E-state index in [1.165, 1.54) is 60.7 Å². The van der Waals surface area contributed by atoms with Crippen molar-refractivity contribution in [2.75, 3.05) is 0 Å². The standard InChI is InChI=1S/C31H18N4/c1-2-4-20-17(3-1)13-18-5-6-19-14-24-21(29(19)28(18)20)7-8-23-30(24)22-9-11-32-15-26(22)35-27-16-33-12-10-25(27)34-31(23)35/h1-12,15-16H,13-14H2. The number of aromatic nitrogens is 4. The van der Waals surface area contributed by atoms with E-state index in [4.69, 9.17) is 4.98 Å². The SMILES string of the molecule is c1ccc2c(c1)Cc1ccc3c(c1-2)-c1ccc2c(c1C3)c1ccncc1n1c3cnccc3nc21. The first-order valence-corrected chi connectivity index (χ1v) is 12.0. The quantitative estimate of drug-likeness (QED) is 0.243. The Labute approximate surface area is 200 Å². The van der Waals surface area contributed by atoms with Gasteiger partial charge < -0.3 is 0 Å². The van der Waals surface area contributed by atoms with E-state index < -0.39 is 0 Å². The fourth-order valence-electron chi connectivity index (χ4n) is 6.60. The van der Waals surface area contributed by atoms with Gasteiger partial charge in [0.25, 0.3) is 0 Å². The van der Waals surface area contributed by atoms with Gasteiger partial charge in [0.2, 0.25) is 0 Å². The molecule has 2 aliphatic rings. The summed E-state index contributed by atoms with van der Waals surface area (Å²) in [6, 6.07) is 22.3. The van der Waals surface area contributed by atoms with Crippen LogP contribution in [0.5, 0.6) is 0 Å². The highest BCUT2D eigenvalue weighted by atomic mass is 15.0. The normalized spacial score (nSPS) is 13.5. The van der Waals surface area contributed by atoms with Crippen molar-refractivity contribution in [3.05, 3.63) is 108 Å². The topological polar surface area (TPSA) is 43.1 Å². The predicted molar refractivity (Wildman–Crippen MR) is 140 cm³/mol. The van der Waals surface area contributed by atoms with Crippen molar-refractivity contribution < 1.29 is 0 Å². The van der Waals surface area contributed by atoms with E-state index in [9.17, 15) is 0 Å². The van der Waals surface area contributed by atoms with E-state index in [0.29, 0.717) is 0 Å². The summed E-state index contributed by atoms with van der Waals surface area (Å²) in [5.74, 6) is 0. The molecule has 4 heteroatoms. The largest absolute Gasteiger partial charge is 0.289 e. The lowest BCUT2D eigenvalue weighted by Crippen LogP contribution is -1.95. The Kier molecular flexibility index (Phi) is 3.11. The van der Waals surface area contributed by atoms with Gasteiger partial charge >= 0.3 is 0 Å². The Balaban J connectivity index is 1.45. The van der Waals surface area contributed by atoms with Crippen LogP contribution < -0.4 is 0 Å². The van der Waals surface area contributed by atoms with Crippen LogP contribution in [0.4, 0.5) is 0 Å². The zero-order valence-electron chi connectivity index (χ0n) is 18.8. The van der Waals surface area contributed by atoms with E-state index in [0.717, 1.165) is 35.0 Å². The van der Waals surface area contributed by atoms with Crippen LogP contribution in [0.3, 0.4) is 0 Å². The summed E-state index contributed by atoms with van der Waals surface area (Å²) in [5.41, 5.74) is 15.3. The molecule has 0 saturated heterocycles. The monoisotopic (exact) mass is 446 g/mol. The van der Waals surface area contributed by atoms with Crippen molar-refractivity contribution in [2.45, 2.75) is 12.8 Å². The summed E-state index contributed by atoms with van der Waals surface area (Å²) < 4.78 is 2.22. The molecule has 0 unspecified atom stereocenters. The molecule has 4 aromatic heterocycles. The third-order valence-corrected chi connectivity index (χ3v) is 8.00. The number of rotatable bonds is 0. The molecule has 4 nitrogen and oxygen atoms in total. The van der Waals surface area contributed by atoms with Crippen LogP contribution in [0.15, 0.2) is 85.5 Å². The number of hydrogen-bond acceptors (Lipinski definition) is 3. The third-order valence-electron chi connectivity index (χ3n) is 8.00. The Morgan fingerprint density at radius 1 is 0.629 bits per heavy atom. The smallest absolute Gasteiger partial charge is 0.146 e. The summed E-state index contributed by atoms with van der Waals surface area (Å²) in [6.45, 7) is 0. The average molecular weight is 447 g/mol. The molecule has 9 rings (SSSR count). The van der Waals surface area contributed by atoms with Crippen LogP contribution in [0.1, 0.15) is 22.3 Å². The van der Waals surface area contributed by atoms with Crippen LogP contribution in [0.25, 0.3) is 60.6 Å². The summed E-state index contributed by atoms with van der Waals surface area (Å²) in [6.07, 6.45) is 9.53. The molecule has 7 aromatic rings. The molecule has 35 heavy (non-hydrogen) atoms. The molecular weight excluding hydrogens is 428 g/mol. The minimum absolute atomic E-state index is 0.937. The third kappa shape index (κ3) is 2.11. The van der Waals surface area contributed by atoms with E-state index in [1.54, 1.807) is 0 Å². The van der Waals surface area contributed by atoms with Crippen molar-refractivity contribution in [2.24, 2.45) is 0 Å². The predicted octanol–water partition coefficient (Wildman–Crippen LogP) is 6.73. The van der Waals surface area contributed by atoms with Crippen LogP contribution in [0, 0.1) is 0 Å². The summed E-state index contributed by atoms with van der Waals surface area (Å²) in [5, 5.41) is 3.70. The maximum Gasteiger partial charge on any atom is 0.146 e. The number of nitrogens with zero attached hydrogens (tertiary/aromatic N) is 4. The van der Waals surface area contributed by atoms with Crippen molar-refractivity contribution in [1.29, 1.82) is 0 Å². The molecule has 0 atom stereocenters. The zero-order chi connectivity index (χ0) is 22.7. The highest BCUT2D eigenvalue weighted by molar-refractivity contribution is 6.17. The van der Waals surface area contributed by atoms with Crippen molar-refractivity contribution >= 4 is 38.4 Å². The second-order valence-corrected chi connectivity index (χ2v) is 9.69. The molecule has 0 bridgehead atoms. The van der Waals surface area contributed by atoms with Crippen LogP contribution in [-0.4, -0.2) is 19.4 Å². The first kappa shape index (κ1) is 17.8. The molecule has 0 spiro atoms. The van der Waals surface area contributed by atoms with Gasteiger partial charge in [0.1, 0.15) is 5.65 Å².